The van der Waals surface area contributed by atoms with Crippen molar-refractivity contribution in [3.8, 4) is 0 Å². The summed E-state index contributed by atoms with van der Waals surface area (Å²) in [6, 6.07) is 1.56. The number of hydrazine groups is 1. The lowest BCUT2D eigenvalue weighted by atomic mass is 10.2. The topological polar surface area (TPSA) is 50.4 Å². The van der Waals surface area contributed by atoms with Gasteiger partial charge < -0.3 is 5.43 Å². The molecule has 3 nitrogen and oxygen atoms in total. The second-order valence-electron chi connectivity index (χ2n) is 3.47. The van der Waals surface area contributed by atoms with Crippen LogP contribution < -0.4 is 11.3 Å². The van der Waals surface area contributed by atoms with Gasteiger partial charge in [0.15, 0.2) is 17.5 Å². The van der Waals surface area contributed by atoms with E-state index in [9.17, 15) is 13.2 Å². The standard InChI is InChI=1S/C10H12F3N3/c1-5(2)15-10(16-14)6-3-7(11)9(13)8(12)4-6/h3-5H,14H2,1-2H3,(H,15,16). The first kappa shape index (κ1) is 12.5. The van der Waals surface area contributed by atoms with Crippen LogP contribution in [0.25, 0.3) is 0 Å². The summed E-state index contributed by atoms with van der Waals surface area (Å²) in [5.74, 6) is 1.21. The summed E-state index contributed by atoms with van der Waals surface area (Å²) in [6.45, 7) is 3.54. The van der Waals surface area contributed by atoms with Gasteiger partial charge in [-0.15, -0.1) is 0 Å². The van der Waals surface area contributed by atoms with E-state index in [0.717, 1.165) is 12.1 Å². The molecule has 1 aromatic carbocycles. The number of aliphatic imine (C=N–C) groups is 1. The Hall–Kier alpha value is -1.56. The van der Waals surface area contributed by atoms with Gasteiger partial charge in [0.2, 0.25) is 0 Å². The first-order valence-corrected chi connectivity index (χ1v) is 4.65. The molecule has 1 rings (SSSR count). The normalized spacial score (nSPS) is 12.1. The highest BCUT2D eigenvalue weighted by atomic mass is 19.2. The zero-order valence-electron chi connectivity index (χ0n) is 8.89. The molecular formula is C10H12F3N3. The summed E-state index contributed by atoms with van der Waals surface area (Å²) < 4.78 is 38.6. The van der Waals surface area contributed by atoms with Gasteiger partial charge in [-0.3, -0.25) is 4.99 Å². The minimum absolute atomic E-state index is 0.0626. The van der Waals surface area contributed by atoms with Crippen LogP contribution in [0.5, 0.6) is 0 Å². The van der Waals surface area contributed by atoms with Crippen LogP contribution in [0.4, 0.5) is 13.2 Å². The van der Waals surface area contributed by atoms with Crippen molar-refractivity contribution in [2.45, 2.75) is 19.9 Å². The summed E-state index contributed by atoms with van der Waals surface area (Å²) in [7, 11) is 0. The molecule has 16 heavy (non-hydrogen) atoms. The molecule has 6 heteroatoms. The Morgan fingerprint density at radius 2 is 1.75 bits per heavy atom. The molecule has 0 aromatic heterocycles. The average molecular weight is 231 g/mol. The highest BCUT2D eigenvalue weighted by Crippen LogP contribution is 2.14. The third-order valence-electron chi connectivity index (χ3n) is 1.78. The molecule has 0 spiro atoms. The molecule has 0 aliphatic rings. The molecule has 88 valence electrons. The van der Waals surface area contributed by atoms with Crippen LogP contribution in [0.2, 0.25) is 0 Å². The van der Waals surface area contributed by atoms with Gasteiger partial charge in [0, 0.05) is 11.6 Å². The summed E-state index contributed by atoms with van der Waals surface area (Å²) in [5.41, 5.74) is 2.28. The van der Waals surface area contributed by atoms with Gasteiger partial charge in [-0.1, -0.05) is 0 Å². The Morgan fingerprint density at radius 3 is 2.12 bits per heavy atom. The Bertz CT molecular complexity index is 393. The number of benzene rings is 1. The summed E-state index contributed by atoms with van der Waals surface area (Å²) in [5, 5.41) is 0. The lowest BCUT2D eigenvalue weighted by Gasteiger charge is -2.08. The fourth-order valence-electron chi connectivity index (χ4n) is 1.15. The smallest absolute Gasteiger partial charge is 0.194 e. The number of hydrogen-bond acceptors (Lipinski definition) is 2. The summed E-state index contributed by atoms with van der Waals surface area (Å²) in [4.78, 5) is 4.00. The first-order chi connectivity index (χ1) is 7.45. The van der Waals surface area contributed by atoms with E-state index >= 15 is 0 Å². The minimum atomic E-state index is -1.51. The Kier molecular flexibility index (Phi) is 3.89. The van der Waals surface area contributed by atoms with Gasteiger partial charge in [0.05, 0.1) is 0 Å². The molecule has 0 aliphatic carbocycles. The molecule has 0 saturated heterocycles. The van der Waals surface area contributed by atoms with Crippen molar-refractivity contribution in [2.24, 2.45) is 10.8 Å². The summed E-state index contributed by atoms with van der Waals surface area (Å²) in [6.07, 6.45) is 0. The number of nitrogens with one attached hydrogen (secondary N) is 1. The van der Waals surface area contributed by atoms with Crippen LogP contribution in [0, 0.1) is 17.5 Å². The Balaban J connectivity index is 3.22. The van der Waals surface area contributed by atoms with Crippen LogP contribution in [0.15, 0.2) is 17.1 Å². The van der Waals surface area contributed by atoms with Crippen molar-refractivity contribution in [3.63, 3.8) is 0 Å². The van der Waals surface area contributed by atoms with Gasteiger partial charge in [-0.25, -0.2) is 19.0 Å². The maximum absolute atomic E-state index is 12.9. The Morgan fingerprint density at radius 1 is 1.25 bits per heavy atom. The van der Waals surface area contributed by atoms with Gasteiger partial charge in [0.1, 0.15) is 5.84 Å². The number of rotatable bonds is 2. The molecule has 0 atom stereocenters. The molecular weight excluding hydrogens is 219 g/mol. The number of nitrogens with two attached hydrogens (primary N) is 1. The van der Waals surface area contributed by atoms with Crippen LogP contribution in [-0.2, 0) is 0 Å². The van der Waals surface area contributed by atoms with E-state index in [1.165, 1.54) is 0 Å². The van der Waals surface area contributed by atoms with E-state index in [-0.39, 0.29) is 17.4 Å². The Labute approximate surface area is 91.1 Å². The van der Waals surface area contributed by atoms with Crippen LogP contribution in [0.1, 0.15) is 19.4 Å². The van der Waals surface area contributed by atoms with Crippen LogP contribution in [-0.4, -0.2) is 11.9 Å². The van der Waals surface area contributed by atoms with Crippen molar-refractivity contribution in [1.82, 2.24) is 5.43 Å². The van der Waals surface area contributed by atoms with Crippen LogP contribution >= 0.6 is 0 Å². The minimum Gasteiger partial charge on any atom is -0.308 e. The third kappa shape index (κ3) is 2.73. The molecule has 0 fully saturated rings. The number of amidine groups is 1. The van der Waals surface area contributed by atoms with Gasteiger partial charge in [-0.05, 0) is 26.0 Å². The van der Waals surface area contributed by atoms with Crippen molar-refractivity contribution < 1.29 is 13.2 Å². The van der Waals surface area contributed by atoms with Gasteiger partial charge >= 0.3 is 0 Å². The predicted octanol–water partition coefficient (Wildman–Crippen LogP) is 1.72. The lowest BCUT2D eigenvalue weighted by Crippen LogP contribution is -2.32. The largest absolute Gasteiger partial charge is 0.308 e. The number of hydrogen-bond donors (Lipinski definition) is 2. The molecule has 0 unspecified atom stereocenters. The highest BCUT2D eigenvalue weighted by molar-refractivity contribution is 5.98. The first-order valence-electron chi connectivity index (χ1n) is 4.65. The molecule has 0 saturated carbocycles. The van der Waals surface area contributed by atoms with Gasteiger partial charge in [0.25, 0.3) is 0 Å². The second-order valence-corrected chi connectivity index (χ2v) is 3.47. The molecule has 0 radical (unpaired) electrons. The zero-order valence-corrected chi connectivity index (χ0v) is 8.89. The molecule has 3 N–H and O–H groups in total. The van der Waals surface area contributed by atoms with Crippen LogP contribution in [0.3, 0.4) is 0 Å². The zero-order chi connectivity index (χ0) is 12.3. The van der Waals surface area contributed by atoms with Crippen molar-refractivity contribution in [2.75, 3.05) is 0 Å². The lowest BCUT2D eigenvalue weighted by molar-refractivity contribution is 0.446. The second kappa shape index (κ2) is 4.98. The quantitative estimate of drug-likeness (QED) is 0.268. The van der Waals surface area contributed by atoms with E-state index in [2.05, 4.69) is 10.4 Å². The monoisotopic (exact) mass is 231 g/mol. The molecule has 0 amide bonds. The van der Waals surface area contributed by atoms with E-state index < -0.39 is 17.5 Å². The maximum Gasteiger partial charge on any atom is 0.194 e. The molecule has 0 heterocycles. The summed E-state index contributed by atoms with van der Waals surface area (Å²) >= 11 is 0. The average Bonchev–Trinajstić information content (AvgIpc) is 2.21. The van der Waals surface area contributed by atoms with E-state index in [4.69, 9.17) is 5.84 Å². The fourth-order valence-corrected chi connectivity index (χ4v) is 1.15. The SMILES string of the molecule is CC(C)N=C(NN)c1cc(F)c(F)c(F)c1. The maximum atomic E-state index is 12.9. The van der Waals surface area contributed by atoms with E-state index in [0.29, 0.717) is 0 Å². The van der Waals surface area contributed by atoms with Crippen molar-refractivity contribution in [1.29, 1.82) is 0 Å². The fraction of sp³-hybridized carbons (Fsp3) is 0.300. The number of nitrogens with zero attached hydrogens (tertiary/aromatic N) is 1. The highest BCUT2D eigenvalue weighted by Gasteiger charge is 2.13. The van der Waals surface area contributed by atoms with E-state index in [1.807, 2.05) is 0 Å². The van der Waals surface area contributed by atoms with Crippen molar-refractivity contribution >= 4 is 5.84 Å². The van der Waals surface area contributed by atoms with E-state index in [1.54, 1.807) is 13.8 Å². The van der Waals surface area contributed by atoms with Crippen molar-refractivity contribution in [3.05, 3.63) is 35.1 Å². The predicted molar refractivity (Wildman–Crippen MR) is 55.3 cm³/mol. The third-order valence-corrected chi connectivity index (χ3v) is 1.78. The number of halogens is 3. The van der Waals surface area contributed by atoms with Gasteiger partial charge in [-0.2, -0.15) is 0 Å². The molecule has 0 aliphatic heterocycles. The molecule has 1 aromatic rings. The molecule has 0 bridgehead atoms.